The monoisotopic (exact) mass is 348 g/mol. The number of aliphatic imine (C=N–C) groups is 1. The number of rotatable bonds is 6. The third-order valence-electron chi connectivity index (χ3n) is 4.16. The van der Waals surface area contributed by atoms with Crippen LogP contribution in [0, 0.1) is 6.92 Å². The van der Waals surface area contributed by atoms with E-state index in [4.69, 9.17) is 9.47 Å². The molecule has 2 rings (SSSR count). The molecule has 136 valence electrons. The molecule has 1 fully saturated rings. The number of nitrogens with one attached hydrogen (secondary N) is 1. The van der Waals surface area contributed by atoms with Gasteiger partial charge >= 0.3 is 5.97 Å². The van der Waals surface area contributed by atoms with Gasteiger partial charge in [0.05, 0.1) is 19.2 Å². The molecule has 1 aliphatic rings. The van der Waals surface area contributed by atoms with E-state index in [0.29, 0.717) is 13.0 Å². The molecule has 0 aromatic heterocycles. The van der Waals surface area contributed by atoms with Crippen LogP contribution < -0.4 is 5.32 Å². The van der Waals surface area contributed by atoms with Gasteiger partial charge in [-0.1, -0.05) is 30.9 Å². The number of esters is 1. The number of alkyl halides is 1. The molecule has 0 spiro atoms. The first-order chi connectivity index (χ1) is 11.8. The molecular formula is C19H25FN2O3. The summed E-state index contributed by atoms with van der Waals surface area (Å²) in [5, 5.41) is 3.05. The summed E-state index contributed by atoms with van der Waals surface area (Å²) in [7, 11) is 1.35. The van der Waals surface area contributed by atoms with Gasteiger partial charge < -0.3 is 14.8 Å². The number of hydrogen-bond donors (Lipinski definition) is 1. The number of carbonyl (C=O) groups is 1. The molecule has 25 heavy (non-hydrogen) atoms. The number of halogens is 1. The summed E-state index contributed by atoms with van der Waals surface area (Å²) >= 11 is 0. The van der Waals surface area contributed by atoms with Crippen LogP contribution in [-0.2, 0) is 14.3 Å². The van der Waals surface area contributed by atoms with Gasteiger partial charge in [0.2, 0.25) is 0 Å². The van der Waals surface area contributed by atoms with Gasteiger partial charge in [-0.3, -0.25) is 4.79 Å². The summed E-state index contributed by atoms with van der Waals surface area (Å²) in [4.78, 5) is 16.1. The molecule has 1 heterocycles. The molecule has 0 saturated carbocycles. The molecule has 0 radical (unpaired) electrons. The molecule has 3 atom stereocenters. The number of nitrogens with zero attached hydrogens (tertiary/aromatic N) is 1. The molecule has 0 aliphatic carbocycles. The van der Waals surface area contributed by atoms with E-state index in [1.165, 1.54) is 20.1 Å². The van der Waals surface area contributed by atoms with Crippen molar-refractivity contribution in [3.63, 3.8) is 0 Å². The normalized spacial score (nSPS) is 23.0. The Bertz CT molecular complexity index is 658. The van der Waals surface area contributed by atoms with Crippen LogP contribution in [0.15, 0.2) is 41.9 Å². The highest BCUT2D eigenvalue weighted by atomic mass is 19.1. The second-order valence-corrected chi connectivity index (χ2v) is 6.41. The second kappa shape index (κ2) is 8.25. The van der Waals surface area contributed by atoms with Crippen LogP contribution in [0.5, 0.6) is 0 Å². The molecule has 1 aromatic carbocycles. The number of carbonyl (C=O) groups excluding carboxylic acids is 1. The lowest BCUT2D eigenvalue weighted by Gasteiger charge is -2.20. The zero-order valence-electron chi connectivity index (χ0n) is 14.9. The predicted octanol–water partition coefficient (Wildman–Crippen LogP) is 3.25. The zero-order valence-corrected chi connectivity index (χ0v) is 14.9. The minimum Gasteiger partial charge on any atom is -0.476 e. The Morgan fingerprint density at radius 3 is 2.88 bits per heavy atom. The quantitative estimate of drug-likeness (QED) is 0.371. The van der Waals surface area contributed by atoms with Crippen LogP contribution in [0.25, 0.3) is 0 Å². The molecule has 0 bridgehead atoms. The van der Waals surface area contributed by atoms with E-state index >= 15 is 0 Å². The van der Waals surface area contributed by atoms with Gasteiger partial charge in [0.1, 0.15) is 17.8 Å². The van der Waals surface area contributed by atoms with E-state index in [-0.39, 0.29) is 24.4 Å². The van der Waals surface area contributed by atoms with Crippen molar-refractivity contribution in [2.24, 2.45) is 4.99 Å². The topological polar surface area (TPSA) is 59.9 Å². The van der Waals surface area contributed by atoms with E-state index in [1.54, 1.807) is 0 Å². The average molecular weight is 348 g/mol. The van der Waals surface area contributed by atoms with Gasteiger partial charge in [-0.15, -0.1) is 0 Å². The Hall–Kier alpha value is -2.21. The summed E-state index contributed by atoms with van der Waals surface area (Å²) in [5.41, 5.74) is 0.0718. The number of aryl methyl sites for hydroxylation is 1. The molecule has 1 unspecified atom stereocenters. The van der Waals surface area contributed by atoms with Crippen molar-refractivity contribution in [3.8, 4) is 0 Å². The summed E-state index contributed by atoms with van der Waals surface area (Å²) < 4.78 is 25.1. The molecule has 5 nitrogen and oxygen atoms in total. The fraction of sp³-hybridized carbons (Fsp3) is 0.474. The summed E-state index contributed by atoms with van der Waals surface area (Å²) in [5.74, 6) is -0.0403. The Morgan fingerprint density at radius 1 is 1.52 bits per heavy atom. The third-order valence-corrected chi connectivity index (χ3v) is 4.16. The maximum atomic E-state index is 14.4. The fourth-order valence-corrected chi connectivity index (χ4v) is 2.61. The van der Waals surface area contributed by atoms with E-state index in [2.05, 4.69) is 16.9 Å². The van der Waals surface area contributed by atoms with E-state index < -0.39 is 11.7 Å². The summed E-state index contributed by atoms with van der Waals surface area (Å²) in [6.45, 7) is 7.37. The zero-order chi connectivity index (χ0) is 18.4. The van der Waals surface area contributed by atoms with Crippen LogP contribution in [0.3, 0.4) is 0 Å². The van der Waals surface area contributed by atoms with Gasteiger partial charge in [-0.2, -0.15) is 0 Å². The largest absolute Gasteiger partial charge is 0.476 e. The second-order valence-electron chi connectivity index (χ2n) is 6.41. The van der Waals surface area contributed by atoms with Crippen molar-refractivity contribution in [2.75, 3.05) is 13.7 Å². The first-order valence-electron chi connectivity index (χ1n) is 8.28. The van der Waals surface area contributed by atoms with E-state index in [9.17, 15) is 9.18 Å². The van der Waals surface area contributed by atoms with E-state index in [0.717, 1.165) is 11.3 Å². The number of benzene rings is 1. The fourth-order valence-electron chi connectivity index (χ4n) is 2.61. The summed E-state index contributed by atoms with van der Waals surface area (Å²) in [6, 6.07) is 7.16. The third kappa shape index (κ3) is 5.39. The Morgan fingerprint density at radius 2 is 2.24 bits per heavy atom. The first kappa shape index (κ1) is 19.1. The lowest BCUT2D eigenvalue weighted by Crippen LogP contribution is -2.31. The minimum atomic E-state index is -1.63. The van der Waals surface area contributed by atoms with Gasteiger partial charge in [0, 0.05) is 13.0 Å². The minimum absolute atomic E-state index is 0.0236. The van der Waals surface area contributed by atoms with Crippen LogP contribution >= 0.6 is 0 Å². The number of para-hydroxylation sites is 1. The van der Waals surface area contributed by atoms with Crippen molar-refractivity contribution in [1.29, 1.82) is 0 Å². The van der Waals surface area contributed by atoms with Crippen molar-refractivity contribution in [2.45, 2.75) is 44.5 Å². The predicted molar refractivity (Wildman–Crippen MR) is 95.9 cm³/mol. The van der Waals surface area contributed by atoms with Gasteiger partial charge in [0.15, 0.2) is 5.90 Å². The summed E-state index contributed by atoms with van der Waals surface area (Å²) in [6.07, 6.45) is 1.40. The molecule has 0 amide bonds. The molecule has 1 aliphatic heterocycles. The van der Waals surface area contributed by atoms with Crippen LogP contribution in [0.1, 0.15) is 25.3 Å². The van der Waals surface area contributed by atoms with Gasteiger partial charge in [0.25, 0.3) is 0 Å². The van der Waals surface area contributed by atoms with E-state index in [1.807, 2.05) is 31.2 Å². The number of ether oxygens (including phenoxy) is 2. The smallest absolute Gasteiger partial charge is 0.323 e. The Balaban J connectivity index is 2.17. The Kier molecular flexibility index (Phi) is 6.31. The van der Waals surface area contributed by atoms with Crippen LogP contribution in [-0.4, -0.2) is 43.3 Å². The maximum absolute atomic E-state index is 14.4. The highest BCUT2D eigenvalue weighted by Crippen LogP contribution is 2.24. The highest BCUT2D eigenvalue weighted by molar-refractivity contribution is 5.81. The average Bonchev–Trinajstić information content (AvgIpc) is 3.04. The molecule has 1 N–H and O–H groups in total. The molecule has 1 aromatic rings. The number of methoxy groups -OCH3 is 1. The SMILES string of the molecule is C=CC(C)(F)CC(=Nc1ccccc1C)O[C@H]1CN[C@H](C(=O)OC)C1. The molecule has 6 heteroatoms. The van der Waals surface area contributed by atoms with Gasteiger partial charge in [-0.25, -0.2) is 9.38 Å². The van der Waals surface area contributed by atoms with Crippen molar-refractivity contribution in [3.05, 3.63) is 42.5 Å². The molecule has 1 saturated heterocycles. The van der Waals surface area contributed by atoms with Crippen molar-refractivity contribution in [1.82, 2.24) is 5.32 Å². The maximum Gasteiger partial charge on any atom is 0.323 e. The van der Waals surface area contributed by atoms with Gasteiger partial charge in [-0.05, 0) is 25.5 Å². The number of allylic oxidation sites excluding steroid dienone is 1. The standard InChI is InChI=1S/C19H25FN2O3/c1-5-19(3,20)11-17(22-15-9-7-6-8-13(15)2)25-14-10-16(21-12-14)18(23)24-4/h5-9,14,16,21H,1,10-12H2,2-4H3/t14-,16+,19?/m1/s1. The highest BCUT2D eigenvalue weighted by Gasteiger charge is 2.33. The van der Waals surface area contributed by atoms with Crippen molar-refractivity contribution >= 4 is 17.6 Å². The lowest BCUT2D eigenvalue weighted by molar-refractivity contribution is -0.142. The van der Waals surface area contributed by atoms with Crippen LogP contribution in [0.2, 0.25) is 0 Å². The lowest BCUT2D eigenvalue weighted by atomic mass is 10.0. The van der Waals surface area contributed by atoms with Crippen molar-refractivity contribution < 1.29 is 18.7 Å². The van der Waals surface area contributed by atoms with Crippen LogP contribution in [0.4, 0.5) is 10.1 Å². The number of hydrogen-bond acceptors (Lipinski definition) is 5. The first-order valence-corrected chi connectivity index (χ1v) is 8.28. The Labute approximate surface area is 147 Å². The molecular weight excluding hydrogens is 323 g/mol.